The molecule has 0 aliphatic heterocycles. The Balaban J connectivity index is 1.95. The fraction of sp³-hybridized carbons (Fsp3) is 0.294. The van der Waals surface area contributed by atoms with E-state index in [1.807, 2.05) is 37.3 Å². The molecule has 2 nitrogen and oxygen atoms in total. The lowest BCUT2D eigenvalue weighted by Crippen LogP contribution is -2.22. The SMILES string of the molecule is COc1ccccc1CCNC(C)c1cc(Br)ccc1F. The Morgan fingerprint density at radius 1 is 1.24 bits per heavy atom. The van der Waals surface area contributed by atoms with Crippen LogP contribution in [0.1, 0.15) is 24.1 Å². The van der Waals surface area contributed by atoms with Crippen molar-refractivity contribution >= 4 is 15.9 Å². The number of hydrogen-bond acceptors (Lipinski definition) is 2. The van der Waals surface area contributed by atoms with E-state index in [-0.39, 0.29) is 11.9 Å². The molecule has 0 saturated carbocycles. The number of nitrogens with one attached hydrogen (secondary N) is 1. The first kappa shape index (κ1) is 16.0. The fourth-order valence-corrected chi connectivity index (χ4v) is 2.67. The highest BCUT2D eigenvalue weighted by Gasteiger charge is 2.11. The van der Waals surface area contributed by atoms with Gasteiger partial charge in [-0.1, -0.05) is 34.1 Å². The summed E-state index contributed by atoms with van der Waals surface area (Å²) >= 11 is 3.38. The maximum absolute atomic E-state index is 13.8. The second-order valence-electron chi connectivity index (χ2n) is 4.90. The van der Waals surface area contributed by atoms with Gasteiger partial charge >= 0.3 is 0 Å². The average molecular weight is 352 g/mol. The molecule has 1 N–H and O–H groups in total. The van der Waals surface area contributed by atoms with Gasteiger partial charge in [-0.15, -0.1) is 0 Å². The first-order valence-electron chi connectivity index (χ1n) is 6.92. The lowest BCUT2D eigenvalue weighted by Gasteiger charge is -2.16. The first-order chi connectivity index (χ1) is 10.1. The molecule has 0 aliphatic carbocycles. The Morgan fingerprint density at radius 3 is 2.76 bits per heavy atom. The standard InChI is InChI=1S/C17H19BrFNO/c1-12(15-11-14(18)7-8-16(15)19)20-10-9-13-5-3-4-6-17(13)21-2/h3-8,11-12,20H,9-10H2,1-2H3. The van der Waals surface area contributed by atoms with Crippen LogP contribution in [0.25, 0.3) is 0 Å². The van der Waals surface area contributed by atoms with Gasteiger partial charge in [-0.3, -0.25) is 0 Å². The van der Waals surface area contributed by atoms with Crippen LogP contribution in [0.3, 0.4) is 0 Å². The zero-order valence-electron chi connectivity index (χ0n) is 12.2. The highest BCUT2D eigenvalue weighted by atomic mass is 79.9. The summed E-state index contributed by atoms with van der Waals surface area (Å²) in [7, 11) is 1.67. The van der Waals surface area contributed by atoms with Crippen molar-refractivity contribution < 1.29 is 9.13 Å². The van der Waals surface area contributed by atoms with Gasteiger partial charge in [0.2, 0.25) is 0 Å². The topological polar surface area (TPSA) is 21.3 Å². The summed E-state index contributed by atoms with van der Waals surface area (Å²) in [5.41, 5.74) is 1.82. The third kappa shape index (κ3) is 4.29. The molecule has 1 unspecified atom stereocenters. The number of halogens is 2. The van der Waals surface area contributed by atoms with Gasteiger partial charge in [-0.05, 0) is 49.7 Å². The number of hydrogen-bond donors (Lipinski definition) is 1. The van der Waals surface area contributed by atoms with Gasteiger partial charge in [0.05, 0.1) is 7.11 Å². The molecule has 0 saturated heterocycles. The molecular formula is C17H19BrFNO. The lowest BCUT2D eigenvalue weighted by atomic mass is 10.1. The molecule has 2 rings (SSSR count). The van der Waals surface area contributed by atoms with Gasteiger partial charge in [-0.2, -0.15) is 0 Å². The third-order valence-corrected chi connectivity index (χ3v) is 3.96. The molecule has 0 spiro atoms. The molecule has 0 aliphatic rings. The van der Waals surface area contributed by atoms with Crippen LogP contribution < -0.4 is 10.1 Å². The normalized spacial score (nSPS) is 12.2. The van der Waals surface area contributed by atoms with E-state index >= 15 is 0 Å². The second-order valence-corrected chi connectivity index (χ2v) is 5.82. The van der Waals surface area contributed by atoms with E-state index in [0.29, 0.717) is 5.56 Å². The van der Waals surface area contributed by atoms with Crippen molar-refractivity contribution in [3.8, 4) is 5.75 Å². The predicted molar refractivity (Wildman–Crippen MR) is 87.2 cm³/mol. The summed E-state index contributed by atoms with van der Waals surface area (Å²) in [5, 5.41) is 3.35. The van der Waals surface area contributed by atoms with Crippen LogP contribution in [0, 0.1) is 5.82 Å². The number of rotatable bonds is 6. The molecule has 0 heterocycles. The van der Waals surface area contributed by atoms with Gasteiger partial charge < -0.3 is 10.1 Å². The van der Waals surface area contributed by atoms with Crippen molar-refractivity contribution in [1.82, 2.24) is 5.32 Å². The van der Waals surface area contributed by atoms with E-state index < -0.39 is 0 Å². The molecule has 21 heavy (non-hydrogen) atoms. The van der Waals surface area contributed by atoms with Crippen molar-refractivity contribution in [3.05, 3.63) is 63.9 Å². The summed E-state index contributed by atoms with van der Waals surface area (Å²) in [5.74, 6) is 0.705. The second kappa shape index (κ2) is 7.57. The Hall–Kier alpha value is -1.39. The minimum Gasteiger partial charge on any atom is -0.496 e. The van der Waals surface area contributed by atoms with Crippen LogP contribution in [-0.2, 0) is 6.42 Å². The van der Waals surface area contributed by atoms with Gasteiger partial charge in [-0.25, -0.2) is 4.39 Å². The van der Waals surface area contributed by atoms with Gasteiger partial charge in [0, 0.05) is 16.1 Å². The van der Waals surface area contributed by atoms with E-state index in [9.17, 15) is 4.39 Å². The number of methoxy groups -OCH3 is 1. The smallest absolute Gasteiger partial charge is 0.128 e. The van der Waals surface area contributed by atoms with Crippen LogP contribution in [0.15, 0.2) is 46.9 Å². The van der Waals surface area contributed by atoms with E-state index in [0.717, 1.165) is 28.8 Å². The highest BCUT2D eigenvalue weighted by molar-refractivity contribution is 9.10. The Bertz CT molecular complexity index is 603. The minimum atomic E-state index is -0.185. The van der Waals surface area contributed by atoms with E-state index in [1.165, 1.54) is 6.07 Å². The zero-order chi connectivity index (χ0) is 15.2. The Kier molecular flexibility index (Phi) is 5.76. The molecule has 2 aromatic carbocycles. The van der Waals surface area contributed by atoms with Crippen molar-refractivity contribution in [1.29, 1.82) is 0 Å². The van der Waals surface area contributed by atoms with E-state index in [2.05, 4.69) is 21.2 Å². The number of para-hydroxylation sites is 1. The Morgan fingerprint density at radius 2 is 2.00 bits per heavy atom. The van der Waals surface area contributed by atoms with Crippen LogP contribution in [0.4, 0.5) is 4.39 Å². The van der Waals surface area contributed by atoms with Gasteiger partial charge in [0.1, 0.15) is 11.6 Å². The number of benzene rings is 2. The van der Waals surface area contributed by atoms with Crippen LogP contribution in [0.5, 0.6) is 5.75 Å². The minimum absolute atomic E-state index is 0.0443. The van der Waals surface area contributed by atoms with Gasteiger partial charge in [0.25, 0.3) is 0 Å². The van der Waals surface area contributed by atoms with E-state index in [4.69, 9.17) is 4.74 Å². The summed E-state index contributed by atoms with van der Waals surface area (Å²) in [6.07, 6.45) is 0.837. The van der Waals surface area contributed by atoms with Crippen molar-refractivity contribution in [3.63, 3.8) is 0 Å². The summed E-state index contributed by atoms with van der Waals surface area (Å²) < 4.78 is 20.0. The van der Waals surface area contributed by atoms with Crippen LogP contribution in [-0.4, -0.2) is 13.7 Å². The predicted octanol–water partition coefficient (Wildman–Crippen LogP) is 4.49. The molecule has 4 heteroatoms. The third-order valence-electron chi connectivity index (χ3n) is 3.46. The average Bonchev–Trinajstić information content (AvgIpc) is 2.50. The molecule has 0 bridgehead atoms. The van der Waals surface area contributed by atoms with E-state index in [1.54, 1.807) is 13.2 Å². The monoisotopic (exact) mass is 351 g/mol. The molecule has 2 aromatic rings. The summed E-state index contributed by atoms with van der Waals surface area (Å²) in [4.78, 5) is 0. The zero-order valence-corrected chi connectivity index (χ0v) is 13.8. The quantitative estimate of drug-likeness (QED) is 0.827. The summed E-state index contributed by atoms with van der Waals surface area (Å²) in [6.45, 7) is 2.72. The maximum Gasteiger partial charge on any atom is 0.128 e. The molecule has 1 atom stereocenters. The largest absolute Gasteiger partial charge is 0.496 e. The highest BCUT2D eigenvalue weighted by Crippen LogP contribution is 2.22. The van der Waals surface area contributed by atoms with Crippen molar-refractivity contribution in [2.24, 2.45) is 0 Å². The molecule has 0 fully saturated rings. The molecule has 0 radical (unpaired) electrons. The summed E-state index contributed by atoms with van der Waals surface area (Å²) in [6, 6.07) is 12.9. The van der Waals surface area contributed by atoms with Crippen molar-refractivity contribution in [2.75, 3.05) is 13.7 Å². The molecular weight excluding hydrogens is 333 g/mol. The molecule has 0 aromatic heterocycles. The number of ether oxygens (including phenoxy) is 1. The molecule has 112 valence electrons. The fourth-order valence-electron chi connectivity index (χ4n) is 2.29. The first-order valence-corrected chi connectivity index (χ1v) is 7.71. The maximum atomic E-state index is 13.8. The van der Waals surface area contributed by atoms with Crippen LogP contribution >= 0.6 is 15.9 Å². The lowest BCUT2D eigenvalue weighted by molar-refractivity contribution is 0.408. The molecule has 0 amide bonds. The Labute approximate surface area is 133 Å². The van der Waals surface area contributed by atoms with Gasteiger partial charge in [0.15, 0.2) is 0 Å². The van der Waals surface area contributed by atoms with Crippen molar-refractivity contribution in [2.45, 2.75) is 19.4 Å². The van der Waals surface area contributed by atoms with Crippen LogP contribution in [0.2, 0.25) is 0 Å².